The zero-order valence-electron chi connectivity index (χ0n) is 19.2. The Morgan fingerprint density at radius 2 is 1.94 bits per heavy atom. The highest BCUT2D eigenvalue weighted by atomic mass is 16.5. The summed E-state index contributed by atoms with van der Waals surface area (Å²) >= 11 is 0. The summed E-state index contributed by atoms with van der Waals surface area (Å²) in [7, 11) is 1.88. The third-order valence-corrected chi connectivity index (χ3v) is 7.22. The van der Waals surface area contributed by atoms with Gasteiger partial charge in [-0.05, 0) is 69.5 Å². The third-order valence-electron chi connectivity index (χ3n) is 7.22. The van der Waals surface area contributed by atoms with E-state index in [4.69, 9.17) is 4.74 Å². The van der Waals surface area contributed by atoms with Gasteiger partial charge in [-0.25, -0.2) is 0 Å². The van der Waals surface area contributed by atoms with E-state index in [-0.39, 0.29) is 22.9 Å². The van der Waals surface area contributed by atoms with Crippen molar-refractivity contribution in [1.82, 2.24) is 9.47 Å². The Balaban J connectivity index is 1.33. The molecular weight excluding hydrogens is 416 g/mol. The number of anilines is 2. The lowest BCUT2D eigenvalue weighted by molar-refractivity contribution is 0.0425. The molecule has 2 aromatic carbocycles. The van der Waals surface area contributed by atoms with Gasteiger partial charge in [0, 0.05) is 30.2 Å². The van der Waals surface area contributed by atoms with Gasteiger partial charge in [-0.3, -0.25) is 9.59 Å². The molecule has 170 valence electrons. The van der Waals surface area contributed by atoms with E-state index in [9.17, 15) is 9.59 Å². The highest BCUT2D eigenvalue weighted by Gasteiger charge is 2.46. The molecule has 1 aromatic heterocycles. The summed E-state index contributed by atoms with van der Waals surface area (Å²) in [5.74, 6) is 0.653. The van der Waals surface area contributed by atoms with Crippen LogP contribution < -0.4 is 15.4 Å². The number of nitrogens with one attached hydrogen (secondary N) is 2. The van der Waals surface area contributed by atoms with Crippen LogP contribution in [0.1, 0.15) is 54.0 Å². The maximum absolute atomic E-state index is 13.2. The molecule has 0 saturated heterocycles. The first-order valence-corrected chi connectivity index (χ1v) is 11.5. The number of fused-ring (bicyclic) bond motifs is 5. The van der Waals surface area contributed by atoms with E-state index in [1.807, 2.05) is 54.4 Å². The van der Waals surface area contributed by atoms with E-state index in [1.165, 1.54) is 0 Å². The SMILES string of the molecule is CN1CC2(CCC2)n2c(cc3ccc(C(=O)Nc4ccc5c(c4)NC(C)(C)CO5)cc32)C1=O. The number of hydrogen-bond acceptors (Lipinski definition) is 4. The molecule has 3 aliphatic rings. The second-order valence-electron chi connectivity index (χ2n) is 10.3. The molecule has 2 amide bonds. The summed E-state index contributed by atoms with van der Waals surface area (Å²) in [5.41, 5.74) is 3.61. The maximum Gasteiger partial charge on any atom is 0.270 e. The fraction of sp³-hybridized carbons (Fsp3) is 0.385. The average Bonchev–Trinajstić information content (AvgIpc) is 3.13. The van der Waals surface area contributed by atoms with Crippen molar-refractivity contribution in [2.75, 3.05) is 30.8 Å². The maximum atomic E-state index is 13.2. The minimum atomic E-state index is -0.176. The molecule has 0 atom stereocenters. The Morgan fingerprint density at radius 1 is 1.12 bits per heavy atom. The molecule has 2 N–H and O–H groups in total. The van der Waals surface area contributed by atoms with Crippen molar-refractivity contribution in [3.63, 3.8) is 0 Å². The van der Waals surface area contributed by atoms with E-state index in [0.29, 0.717) is 17.9 Å². The van der Waals surface area contributed by atoms with Gasteiger partial charge >= 0.3 is 0 Å². The molecule has 1 saturated carbocycles. The fourth-order valence-corrected chi connectivity index (χ4v) is 5.45. The van der Waals surface area contributed by atoms with Crippen LogP contribution in [-0.2, 0) is 5.54 Å². The van der Waals surface area contributed by atoms with E-state index in [0.717, 1.165) is 53.8 Å². The Labute approximate surface area is 192 Å². The van der Waals surface area contributed by atoms with Crippen molar-refractivity contribution in [2.45, 2.75) is 44.2 Å². The summed E-state index contributed by atoms with van der Waals surface area (Å²) in [6, 6.07) is 13.3. The molecule has 3 heterocycles. The summed E-state index contributed by atoms with van der Waals surface area (Å²) in [5, 5.41) is 7.47. The van der Waals surface area contributed by atoms with Gasteiger partial charge in [-0.2, -0.15) is 0 Å². The van der Waals surface area contributed by atoms with Crippen LogP contribution in [-0.4, -0.2) is 47.0 Å². The molecule has 7 heteroatoms. The topological polar surface area (TPSA) is 75.6 Å². The second kappa shape index (κ2) is 6.76. The first-order chi connectivity index (χ1) is 15.7. The summed E-state index contributed by atoms with van der Waals surface area (Å²) in [4.78, 5) is 27.8. The van der Waals surface area contributed by atoms with Gasteiger partial charge in [0.05, 0.1) is 22.3 Å². The minimum Gasteiger partial charge on any atom is -0.489 e. The van der Waals surface area contributed by atoms with Crippen LogP contribution in [0.5, 0.6) is 5.75 Å². The van der Waals surface area contributed by atoms with Crippen LogP contribution in [0.3, 0.4) is 0 Å². The van der Waals surface area contributed by atoms with Crippen molar-refractivity contribution < 1.29 is 14.3 Å². The van der Waals surface area contributed by atoms with Crippen LogP contribution in [0.25, 0.3) is 10.9 Å². The van der Waals surface area contributed by atoms with Crippen LogP contribution in [0.2, 0.25) is 0 Å². The fourth-order valence-electron chi connectivity index (χ4n) is 5.45. The van der Waals surface area contributed by atoms with Gasteiger partial charge in [0.25, 0.3) is 11.8 Å². The van der Waals surface area contributed by atoms with Crippen LogP contribution in [0.4, 0.5) is 11.4 Å². The Bertz CT molecular complexity index is 1320. The first-order valence-electron chi connectivity index (χ1n) is 11.5. The Kier molecular flexibility index (Phi) is 4.13. The summed E-state index contributed by atoms with van der Waals surface area (Å²) < 4.78 is 8.02. The van der Waals surface area contributed by atoms with E-state index in [2.05, 4.69) is 29.0 Å². The smallest absolute Gasteiger partial charge is 0.270 e. The van der Waals surface area contributed by atoms with Gasteiger partial charge in [0.15, 0.2) is 0 Å². The van der Waals surface area contributed by atoms with Gasteiger partial charge < -0.3 is 24.8 Å². The number of hydrogen-bond donors (Lipinski definition) is 2. The van der Waals surface area contributed by atoms with Crippen molar-refractivity contribution in [3.8, 4) is 5.75 Å². The molecule has 2 aliphatic heterocycles. The highest BCUT2D eigenvalue weighted by Crippen LogP contribution is 2.46. The molecule has 6 rings (SSSR count). The van der Waals surface area contributed by atoms with Crippen LogP contribution in [0.15, 0.2) is 42.5 Å². The lowest BCUT2D eigenvalue weighted by Gasteiger charge is -2.49. The van der Waals surface area contributed by atoms with Gasteiger partial charge in [0.1, 0.15) is 18.1 Å². The van der Waals surface area contributed by atoms with E-state index < -0.39 is 0 Å². The van der Waals surface area contributed by atoms with E-state index >= 15 is 0 Å². The van der Waals surface area contributed by atoms with Gasteiger partial charge in [-0.15, -0.1) is 0 Å². The molecule has 0 unspecified atom stereocenters. The van der Waals surface area contributed by atoms with Crippen molar-refractivity contribution in [2.24, 2.45) is 0 Å². The molecule has 1 spiro atoms. The normalized spacial score (nSPS) is 19.8. The molecule has 1 fully saturated rings. The zero-order chi connectivity index (χ0) is 23.0. The first kappa shape index (κ1) is 20.1. The Morgan fingerprint density at radius 3 is 2.70 bits per heavy atom. The quantitative estimate of drug-likeness (QED) is 0.613. The number of ether oxygens (including phenoxy) is 1. The number of carbonyl (C=O) groups excluding carboxylic acids is 2. The lowest BCUT2D eigenvalue weighted by Crippen LogP contribution is -2.55. The monoisotopic (exact) mass is 444 g/mol. The third kappa shape index (κ3) is 3.09. The second-order valence-corrected chi connectivity index (χ2v) is 10.3. The predicted octanol–water partition coefficient (Wildman–Crippen LogP) is 4.44. The van der Waals surface area contributed by atoms with Gasteiger partial charge in [-0.1, -0.05) is 6.07 Å². The summed E-state index contributed by atoms with van der Waals surface area (Å²) in [6.07, 6.45) is 3.27. The number of aromatic nitrogens is 1. The zero-order valence-corrected chi connectivity index (χ0v) is 19.2. The number of likely N-dealkylation sites (N-methyl/N-ethyl adjacent to an activating group) is 1. The molecule has 1 aliphatic carbocycles. The Hall–Kier alpha value is -3.48. The average molecular weight is 445 g/mol. The van der Waals surface area contributed by atoms with E-state index in [1.54, 1.807) is 0 Å². The van der Waals surface area contributed by atoms with Crippen LogP contribution in [0, 0.1) is 0 Å². The van der Waals surface area contributed by atoms with Gasteiger partial charge in [0.2, 0.25) is 0 Å². The molecule has 3 aromatic rings. The highest BCUT2D eigenvalue weighted by molar-refractivity contribution is 6.07. The van der Waals surface area contributed by atoms with Crippen molar-refractivity contribution >= 4 is 34.1 Å². The largest absolute Gasteiger partial charge is 0.489 e. The molecule has 7 nitrogen and oxygen atoms in total. The standard InChI is InChI=1S/C26H28N4O3/c1-25(2)15-33-22-8-7-18(13-19(22)28-25)27-23(31)17-6-5-16-11-21-24(32)29(3)14-26(9-4-10-26)30(21)20(16)12-17/h5-8,11-13,28H,4,9-10,14-15H2,1-3H3,(H,27,31). The number of carbonyl (C=O) groups is 2. The van der Waals surface area contributed by atoms with Crippen molar-refractivity contribution in [1.29, 1.82) is 0 Å². The number of rotatable bonds is 2. The number of nitrogens with zero attached hydrogens (tertiary/aromatic N) is 2. The minimum absolute atomic E-state index is 0.0430. The molecule has 33 heavy (non-hydrogen) atoms. The predicted molar refractivity (Wildman–Crippen MR) is 128 cm³/mol. The molecule has 0 radical (unpaired) electrons. The van der Waals surface area contributed by atoms with Crippen molar-refractivity contribution in [3.05, 3.63) is 53.7 Å². The number of benzene rings is 2. The molecule has 0 bridgehead atoms. The van der Waals surface area contributed by atoms with Crippen LogP contribution >= 0.6 is 0 Å². The molecular formula is C26H28N4O3. The lowest BCUT2D eigenvalue weighted by atomic mass is 9.74. The number of amides is 2. The summed E-state index contributed by atoms with van der Waals surface area (Å²) in [6.45, 7) is 5.46.